The molecule has 23 heavy (non-hydrogen) atoms. The van der Waals surface area contributed by atoms with Gasteiger partial charge in [0.05, 0.1) is 27.7 Å². The second-order valence-corrected chi connectivity index (χ2v) is 6.65. The number of hydrogen-bond donors (Lipinski definition) is 2. The molecule has 122 valence electrons. The number of benzene rings is 1. The summed E-state index contributed by atoms with van der Waals surface area (Å²) in [6.45, 7) is 3.88. The van der Waals surface area contributed by atoms with Crippen LogP contribution in [0, 0.1) is 18.7 Å². The molecule has 7 heteroatoms. The Hall–Kier alpha value is -2.02. The number of rotatable bonds is 2. The first-order valence-electron chi connectivity index (χ1n) is 7.25. The third kappa shape index (κ3) is 2.49. The molecule has 0 saturated heterocycles. The summed E-state index contributed by atoms with van der Waals surface area (Å²) in [6, 6.07) is 3.95. The number of phenolic OH excluding ortho intramolecular Hbond substituents is 1. The number of halogens is 2. The Kier molecular flexibility index (Phi) is 3.83. The molecule has 3 rings (SSSR count). The quantitative estimate of drug-likeness (QED) is 0.782. The van der Waals surface area contributed by atoms with E-state index in [0.29, 0.717) is 11.4 Å². The Balaban J connectivity index is 2.19. The highest BCUT2D eigenvalue weighted by Gasteiger charge is 2.35. The van der Waals surface area contributed by atoms with Gasteiger partial charge in [0.15, 0.2) is 5.82 Å². The minimum atomic E-state index is -0.547. The second kappa shape index (κ2) is 5.56. The number of aryl methyl sites for hydroxylation is 1. The van der Waals surface area contributed by atoms with Crippen LogP contribution in [0.25, 0.3) is 5.69 Å². The van der Waals surface area contributed by atoms with E-state index in [1.54, 1.807) is 6.92 Å². The van der Waals surface area contributed by atoms with Crippen molar-refractivity contribution >= 4 is 21.6 Å². The highest BCUT2D eigenvalue weighted by Crippen LogP contribution is 2.43. The summed E-state index contributed by atoms with van der Waals surface area (Å²) in [7, 11) is 1.95. The third-order valence-corrected chi connectivity index (χ3v) is 5.06. The maximum absolute atomic E-state index is 14.3. The molecule has 1 aromatic heterocycles. The van der Waals surface area contributed by atoms with Crippen molar-refractivity contribution in [3.8, 4) is 11.4 Å². The fourth-order valence-electron chi connectivity index (χ4n) is 3.04. The lowest BCUT2D eigenvalue weighted by Crippen LogP contribution is -2.24. The molecule has 1 aromatic carbocycles. The summed E-state index contributed by atoms with van der Waals surface area (Å²) in [5.74, 6) is -0.485. The van der Waals surface area contributed by atoms with Crippen molar-refractivity contribution in [2.24, 2.45) is 5.92 Å². The van der Waals surface area contributed by atoms with E-state index in [9.17, 15) is 9.50 Å². The predicted octanol–water partition coefficient (Wildman–Crippen LogP) is 3.47. The predicted molar refractivity (Wildman–Crippen MR) is 91.0 cm³/mol. The Morgan fingerprint density at radius 2 is 2.09 bits per heavy atom. The number of nitrogen functional groups attached to an aromatic ring is 1. The van der Waals surface area contributed by atoms with Gasteiger partial charge in [-0.2, -0.15) is 5.10 Å². The second-order valence-electron chi connectivity index (χ2n) is 5.84. The van der Waals surface area contributed by atoms with Gasteiger partial charge in [-0.05, 0) is 41.1 Å². The summed E-state index contributed by atoms with van der Waals surface area (Å²) in [6.07, 6.45) is 2.09. The van der Waals surface area contributed by atoms with Gasteiger partial charge in [0.25, 0.3) is 0 Å². The average Bonchev–Trinajstić information content (AvgIpc) is 2.88. The summed E-state index contributed by atoms with van der Waals surface area (Å²) in [5.41, 5.74) is 8.46. The van der Waals surface area contributed by atoms with Crippen molar-refractivity contribution in [1.29, 1.82) is 0 Å². The van der Waals surface area contributed by atoms with E-state index in [4.69, 9.17) is 5.73 Å². The third-order valence-electron chi connectivity index (χ3n) is 4.24. The first-order valence-corrected chi connectivity index (χ1v) is 8.04. The molecular formula is C16H18BrFN4O. The van der Waals surface area contributed by atoms with Crippen molar-refractivity contribution in [3.05, 3.63) is 46.1 Å². The van der Waals surface area contributed by atoms with E-state index in [-0.39, 0.29) is 23.4 Å². The Bertz CT molecular complexity index is 802. The maximum Gasteiger partial charge on any atom is 0.152 e. The van der Waals surface area contributed by atoms with Crippen LogP contribution in [-0.4, -0.2) is 26.8 Å². The van der Waals surface area contributed by atoms with E-state index in [0.717, 1.165) is 16.4 Å². The molecule has 2 heterocycles. The number of hydrogen-bond acceptors (Lipinski definition) is 4. The van der Waals surface area contributed by atoms with Crippen LogP contribution >= 0.6 is 15.9 Å². The van der Waals surface area contributed by atoms with E-state index >= 15 is 0 Å². The number of phenols is 1. The van der Waals surface area contributed by atoms with Crippen LogP contribution in [0.3, 0.4) is 0 Å². The fraction of sp³-hybridized carbons (Fsp3) is 0.312. The van der Waals surface area contributed by atoms with Crippen LogP contribution in [0.15, 0.2) is 28.9 Å². The molecule has 1 aliphatic heterocycles. The molecule has 0 amide bonds. The molecule has 3 N–H and O–H groups in total. The van der Waals surface area contributed by atoms with Crippen LogP contribution < -0.4 is 5.73 Å². The van der Waals surface area contributed by atoms with E-state index in [1.165, 1.54) is 16.8 Å². The zero-order chi connectivity index (χ0) is 16.9. The van der Waals surface area contributed by atoms with Gasteiger partial charge in [-0.3, -0.25) is 0 Å². The molecule has 0 bridgehead atoms. The van der Waals surface area contributed by atoms with Gasteiger partial charge in [-0.1, -0.05) is 6.92 Å². The van der Waals surface area contributed by atoms with Gasteiger partial charge in [0.2, 0.25) is 0 Å². The molecule has 0 spiro atoms. The molecule has 1 aliphatic rings. The van der Waals surface area contributed by atoms with Gasteiger partial charge in [-0.15, -0.1) is 0 Å². The Morgan fingerprint density at radius 3 is 2.65 bits per heavy atom. The molecule has 5 nitrogen and oxygen atoms in total. The fourth-order valence-corrected chi connectivity index (χ4v) is 3.67. The zero-order valence-corrected chi connectivity index (χ0v) is 14.7. The highest BCUT2D eigenvalue weighted by molar-refractivity contribution is 9.11. The lowest BCUT2D eigenvalue weighted by atomic mass is 9.99. The number of aromatic nitrogens is 2. The summed E-state index contributed by atoms with van der Waals surface area (Å²) >= 11 is 3.53. The van der Waals surface area contributed by atoms with Crippen molar-refractivity contribution in [2.45, 2.75) is 19.9 Å². The highest BCUT2D eigenvalue weighted by atomic mass is 79.9. The lowest BCUT2D eigenvalue weighted by Gasteiger charge is -2.27. The van der Waals surface area contributed by atoms with Crippen LogP contribution in [-0.2, 0) is 0 Å². The largest absolute Gasteiger partial charge is 0.508 e. The van der Waals surface area contributed by atoms with Gasteiger partial charge in [-0.25, -0.2) is 9.07 Å². The van der Waals surface area contributed by atoms with Crippen LogP contribution in [0.5, 0.6) is 5.75 Å². The molecule has 0 aliphatic carbocycles. The average molecular weight is 381 g/mol. The smallest absolute Gasteiger partial charge is 0.152 e. The number of aromatic hydroxyl groups is 1. The molecule has 2 unspecified atom stereocenters. The monoisotopic (exact) mass is 380 g/mol. The SMILES string of the molecule is Cc1nn(-c2ccc(O)cc2F)c(C2C(C)C=C(Br)N2C)c1N. The number of nitrogens with zero attached hydrogens (tertiary/aromatic N) is 3. The van der Waals surface area contributed by atoms with Crippen molar-refractivity contribution in [3.63, 3.8) is 0 Å². The topological polar surface area (TPSA) is 67.3 Å². The van der Waals surface area contributed by atoms with E-state index < -0.39 is 5.82 Å². The van der Waals surface area contributed by atoms with Gasteiger partial charge in [0.1, 0.15) is 11.4 Å². The van der Waals surface area contributed by atoms with Gasteiger partial charge < -0.3 is 15.7 Å². The lowest BCUT2D eigenvalue weighted by molar-refractivity contribution is 0.302. The minimum absolute atomic E-state index is 0.0567. The van der Waals surface area contributed by atoms with Gasteiger partial charge in [0, 0.05) is 19.0 Å². The van der Waals surface area contributed by atoms with Crippen LogP contribution in [0.2, 0.25) is 0 Å². The zero-order valence-electron chi connectivity index (χ0n) is 13.1. The molecule has 0 fully saturated rings. The molecule has 2 atom stereocenters. The van der Waals surface area contributed by atoms with Crippen LogP contribution in [0.1, 0.15) is 24.4 Å². The normalized spacial score (nSPS) is 20.9. The summed E-state index contributed by atoms with van der Waals surface area (Å²) in [5, 5.41) is 13.8. The number of nitrogens with two attached hydrogens (primary N) is 1. The molecule has 2 aromatic rings. The maximum atomic E-state index is 14.3. The van der Waals surface area contributed by atoms with Crippen molar-refractivity contribution < 1.29 is 9.50 Å². The van der Waals surface area contributed by atoms with E-state index in [1.807, 2.05) is 11.9 Å². The van der Waals surface area contributed by atoms with Crippen molar-refractivity contribution in [2.75, 3.05) is 12.8 Å². The number of anilines is 1. The van der Waals surface area contributed by atoms with Gasteiger partial charge >= 0.3 is 0 Å². The van der Waals surface area contributed by atoms with E-state index in [2.05, 4.69) is 34.0 Å². The minimum Gasteiger partial charge on any atom is -0.508 e. The summed E-state index contributed by atoms with van der Waals surface area (Å²) in [4.78, 5) is 2.05. The Morgan fingerprint density at radius 1 is 1.39 bits per heavy atom. The first-order chi connectivity index (χ1) is 10.8. The molecular weight excluding hydrogens is 363 g/mol. The van der Waals surface area contributed by atoms with Crippen molar-refractivity contribution in [1.82, 2.24) is 14.7 Å². The molecule has 0 radical (unpaired) electrons. The molecule has 0 saturated carbocycles. The summed E-state index contributed by atoms with van der Waals surface area (Å²) < 4.78 is 16.8. The Labute approximate surface area is 142 Å². The van der Waals surface area contributed by atoms with Crippen LogP contribution in [0.4, 0.5) is 10.1 Å². The first kappa shape index (κ1) is 15.9. The standard InChI is InChI=1S/C16H18BrFN4O/c1-8-6-13(17)21(3)15(8)16-14(19)9(2)20-22(16)12-5-4-10(23)7-11(12)18/h4-8,15,23H,19H2,1-3H3.